The Morgan fingerprint density at radius 1 is 1.67 bits per heavy atom. The number of nitrogens with two attached hydrogens (primary N) is 1. The van der Waals surface area contributed by atoms with Gasteiger partial charge in [-0.15, -0.1) is 0 Å². The third-order valence-corrected chi connectivity index (χ3v) is 2.66. The normalized spacial score (nSPS) is 42.6. The highest BCUT2D eigenvalue weighted by molar-refractivity contribution is 5.78. The molecule has 70 valence electrons. The van der Waals surface area contributed by atoms with E-state index in [0.717, 1.165) is 6.42 Å². The summed E-state index contributed by atoms with van der Waals surface area (Å²) in [5.41, 5.74) is 3.89. The molecule has 3 unspecified atom stereocenters. The average molecular weight is 173 g/mol. The second-order valence-corrected chi connectivity index (χ2v) is 3.72. The highest BCUT2D eigenvalue weighted by Crippen LogP contribution is 2.31. The number of rotatable bonds is 1. The maximum absolute atomic E-state index is 10.7. The van der Waals surface area contributed by atoms with Gasteiger partial charge in [0.25, 0.3) is 0 Å². The van der Waals surface area contributed by atoms with E-state index in [1.165, 1.54) is 0 Å². The Hall–Kier alpha value is -0.610. The van der Waals surface area contributed by atoms with Gasteiger partial charge in [0.1, 0.15) is 0 Å². The molecule has 1 rings (SSSR count). The first kappa shape index (κ1) is 9.48. The van der Waals surface area contributed by atoms with Crippen LogP contribution in [-0.4, -0.2) is 27.8 Å². The molecule has 4 N–H and O–H groups in total. The van der Waals surface area contributed by atoms with Crippen molar-refractivity contribution < 1.29 is 15.0 Å². The van der Waals surface area contributed by atoms with Crippen LogP contribution in [0.1, 0.15) is 26.2 Å². The molecule has 1 saturated carbocycles. The monoisotopic (exact) mass is 173 g/mol. The fourth-order valence-corrected chi connectivity index (χ4v) is 1.66. The summed E-state index contributed by atoms with van der Waals surface area (Å²) in [4.78, 5) is 10.7. The molecular formula is C8H15NO3. The van der Waals surface area contributed by atoms with E-state index in [4.69, 9.17) is 10.8 Å². The Balaban J connectivity index is 2.72. The van der Waals surface area contributed by atoms with Crippen LogP contribution < -0.4 is 5.73 Å². The fourth-order valence-electron chi connectivity index (χ4n) is 1.66. The molecule has 0 saturated heterocycles. The lowest BCUT2D eigenvalue weighted by atomic mass is 9.76. The summed E-state index contributed by atoms with van der Waals surface area (Å²) in [7, 11) is 0. The molecule has 0 radical (unpaired) electrons. The van der Waals surface area contributed by atoms with E-state index in [1.807, 2.05) is 6.92 Å². The van der Waals surface area contributed by atoms with E-state index in [2.05, 4.69) is 0 Å². The van der Waals surface area contributed by atoms with Crippen molar-refractivity contribution in [1.82, 2.24) is 0 Å². The summed E-state index contributed by atoms with van der Waals surface area (Å²) in [6, 6.07) is -0.626. The lowest BCUT2D eigenvalue weighted by molar-refractivity contribution is -0.164. The second kappa shape index (κ2) is 3.03. The largest absolute Gasteiger partial charge is 0.479 e. The van der Waals surface area contributed by atoms with E-state index in [9.17, 15) is 9.90 Å². The smallest absolute Gasteiger partial charge is 0.337 e. The minimum atomic E-state index is -1.69. The molecular weight excluding hydrogens is 158 g/mol. The fraction of sp³-hybridized carbons (Fsp3) is 0.875. The number of aliphatic carboxylic acids is 1. The molecule has 3 atom stereocenters. The van der Waals surface area contributed by atoms with Crippen LogP contribution in [0, 0.1) is 5.92 Å². The van der Waals surface area contributed by atoms with Crippen LogP contribution in [-0.2, 0) is 4.79 Å². The van der Waals surface area contributed by atoms with Crippen molar-refractivity contribution in [3.8, 4) is 0 Å². The molecule has 12 heavy (non-hydrogen) atoms. The van der Waals surface area contributed by atoms with Crippen LogP contribution in [0.25, 0.3) is 0 Å². The van der Waals surface area contributed by atoms with Gasteiger partial charge in [0.05, 0.1) is 0 Å². The van der Waals surface area contributed by atoms with Gasteiger partial charge in [0.2, 0.25) is 0 Å². The number of hydrogen-bond acceptors (Lipinski definition) is 3. The third-order valence-electron chi connectivity index (χ3n) is 2.66. The van der Waals surface area contributed by atoms with E-state index in [1.54, 1.807) is 0 Å². The van der Waals surface area contributed by atoms with E-state index >= 15 is 0 Å². The zero-order chi connectivity index (χ0) is 9.35. The topological polar surface area (TPSA) is 83.5 Å². The number of hydrogen-bond donors (Lipinski definition) is 3. The lowest BCUT2D eigenvalue weighted by Crippen LogP contribution is -2.57. The van der Waals surface area contributed by atoms with Gasteiger partial charge in [-0.3, -0.25) is 0 Å². The molecule has 0 aromatic rings. The van der Waals surface area contributed by atoms with Crippen LogP contribution >= 0.6 is 0 Å². The Labute approximate surface area is 71.4 Å². The standard InChI is InChI=1S/C8H15NO3/c1-5-2-3-8(12,7(10)11)6(9)4-5/h5-6,12H,2-4,9H2,1H3,(H,10,11). The van der Waals surface area contributed by atoms with E-state index in [0.29, 0.717) is 12.3 Å². The summed E-state index contributed by atoms with van der Waals surface area (Å²) in [6.45, 7) is 2.02. The van der Waals surface area contributed by atoms with Gasteiger partial charge in [-0.25, -0.2) is 4.79 Å². The molecule has 1 fully saturated rings. The van der Waals surface area contributed by atoms with Crippen LogP contribution in [0.2, 0.25) is 0 Å². The summed E-state index contributed by atoms with van der Waals surface area (Å²) < 4.78 is 0. The van der Waals surface area contributed by atoms with Crippen molar-refractivity contribution in [2.24, 2.45) is 11.7 Å². The Kier molecular flexibility index (Phi) is 2.39. The zero-order valence-corrected chi connectivity index (χ0v) is 7.16. The quantitative estimate of drug-likeness (QED) is 0.519. The van der Waals surface area contributed by atoms with Crippen molar-refractivity contribution >= 4 is 5.97 Å². The first-order chi connectivity index (χ1) is 5.47. The SMILES string of the molecule is CC1CCC(O)(C(=O)O)C(N)C1. The summed E-state index contributed by atoms with van der Waals surface area (Å²) in [5.74, 6) is -0.776. The molecule has 0 aromatic heterocycles. The van der Waals surface area contributed by atoms with Gasteiger partial charge in [-0.05, 0) is 25.2 Å². The van der Waals surface area contributed by atoms with Crippen LogP contribution in [0.15, 0.2) is 0 Å². The summed E-state index contributed by atoms with van der Waals surface area (Å²) in [5, 5.41) is 18.3. The zero-order valence-electron chi connectivity index (χ0n) is 7.16. The van der Waals surface area contributed by atoms with E-state index < -0.39 is 17.6 Å². The van der Waals surface area contributed by atoms with Crippen LogP contribution in [0.5, 0.6) is 0 Å². The van der Waals surface area contributed by atoms with Crippen LogP contribution in [0.4, 0.5) is 0 Å². The summed E-state index contributed by atoms with van der Waals surface area (Å²) >= 11 is 0. The van der Waals surface area contributed by atoms with Gasteiger partial charge >= 0.3 is 5.97 Å². The first-order valence-electron chi connectivity index (χ1n) is 4.18. The average Bonchev–Trinajstić information content (AvgIpc) is 1.97. The Morgan fingerprint density at radius 2 is 2.25 bits per heavy atom. The van der Waals surface area contributed by atoms with Crippen LogP contribution in [0.3, 0.4) is 0 Å². The lowest BCUT2D eigenvalue weighted by Gasteiger charge is -2.36. The minimum Gasteiger partial charge on any atom is -0.479 e. The number of aliphatic hydroxyl groups is 1. The molecule has 0 heterocycles. The molecule has 4 heteroatoms. The Morgan fingerprint density at radius 3 is 2.67 bits per heavy atom. The first-order valence-corrected chi connectivity index (χ1v) is 4.18. The molecule has 0 aliphatic heterocycles. The van der Waals surface area contributed by atoms with Gasteiger partial charge in [-0.1, -0.05) is 6.92 Å². The Bertz CT molecular complexity index is 195. The van der Waals surface area contributed by atoms with E-state index in [-0.39, 0.29) is 6.42 Å². The molecule has 1 aliphatic carbocycles. The van der Waals surface area contributed by atoms with Crippen molar-refractivity contribution in [3.63, 3.8) is 0 Å². The molecule has 0 amide bonds. The van der Waals surface area contributed by atoms with Gasteiger partial charge in [0, 0.05) is 6.04 Å². The molecule has 0 spiro atoms. The molecule has 0 aromatic carbocycles. The van der Waals surface area contributed by atoms with Crippen molar-refractivity contribution in [2.75, 3.05) is 0 Å². The van der Waals surface area contributed by atoms with Gasteiger partial charge in [-0.2, -0.15) is 0 Å². The van der Waals surface area contributed by atoms with Crippen molar-refractivity contribution in [2.45, 2.75) is 37.8 Å². The molecule has 4 nitrogen and oxygen atoms in total. The molecule has 0 bridgehead atoms. The van der Waals surface area contributed by atoms with Gasteiger partial charge < -0.3 is 15.9 Å². The molecule has 1 aliphatic rings. The predicted molar refractivity (Wildman–Crippen MR) is 43.6 cm³/mol. The third kappa shape index (κ3) is 1.44. The number of carbonyl (C=O) groups is 1. The summed E-state index contributed by atoms with van der Waals surface area (Å²) in [6.07, 6.45) is 1.59. The minimum absolute atomic E-state index is 0.269. The van der Waals surface area contributed by atoms with Crippen molar-refractivity contribution in [1.29, 1.82) is 0 Å². The van der Waals surface area contributed by atoms with Crippen molar-refractivity contribution in [3.05, 3.63) is 0 Å². The van der Waals surface area contributed by atoms with Gasteiger partial charge in [0.15, 0.2) is 5.60 Å². The predicted octanol–water partition coefficient (Wildman–Crippen LogP) is -0.0506. The highest BCUT2D eigenvalue weighted by Gasteiger charge is 2.45. The maximum Gasteiger partial charge on any atom is 0.337 e. The number of carboxylic acid groups (broad SMARTS) is 1. The number of carboxylic acids is 1. The highest BCUT2D eigenvalue weighted by atomic mass is 16.4. The maximum atomic E-state index is 10.7. The second-order valence-electron chi connectivity index (χ2n) is 3.72.